The summed E-state index contributed by atoms with van der Waals surface area (Å²) in [5.41, 5.74) is 0.367. The Morgan fingerprint density at radius 2 is 2.12 bits per heavy atom. The Bertz CT molecular complexity index is 376. The highest BCUT2D eigenvalue weighted by Gasteiger charge is 2.44. The van der Waals surface area contributed by atoms with Crippen molar-refractivity contribution in [2.75, 3.05) is 6.61 Å². The largest absolute Gasteiger partial charge is 0.394 e. The van der Waals surface area contributed by atoms with Gasteiger partial charge >= 0.3 is 0 Å². The van der Waals surface area contributed by atoms with Gasteiger partial charge in [-0.25, -0.2) is 0 Å². The van der Waals surface area contributed by atoms with Crippen molar-refractivity contribution in [2.45, 2.75) is 24.4 Å². The molecule has 5 nitrogen and oxygen atoms in total. The number of hydrogen-bond acceptors (Lipinski definition) is 5. The summed E-state index contributed by atoms with van der Waals surface area (Å²) in [6.45, 7) is -0.362. The van der Waals surface area contributed by atoms with Gasteiger partial charge in [-0.2, -0.15) is 0 Å². The van der Waals surface area contributed by atoms with Gasteiger partial charge in [-0.3, -0.25) is 4.98 Å². The minimum Gasteiger partial charge on any atom is -0.394 e. The zero-order valence-corrected chi connectivity index (χ0v) is 9.08. The lowest BCUT2D eigenvalue weighted by Gasteiger charge is -2.14. The molecule has 0 spiro atoms. The summed E-state index contributed by atoms with van der Waals surface area (Å²) in [4.78, 5) is 4.00. The van der Waals surface area contributed by atoms with Gasteiger partial charge in [0.05, 0.1) is 17.3 Å². The Hall–Kier alpha value is -0.720. The smallest absolute Gasteiger partial charge is 0.130 e. The summed E-state index contributed by atoms with van der Waals surface area (Å²) in [6, 6.07) is 3.28. The van der Waals surface area contributed by atoms with E-state index in [9.17, 15) is 10.2 Å². The van der Waals surface area contributed by atoms with E-state index in [1.165, 1.54) is 6.20 Å². The molecule has 3 N–H and O–H groups in total. The molecule has 1 aliphatic heterocycles. The lowest BCUT2D eigenvalue weighted by Crippen LogP contribution is -2.32. The van der Waals surface area contributed by atoms with Crippen molar-refractivity contribution in [3.63, 3.8) is 0 Å². The first-order valence-corrected chi connectivity index (χ1v) is 5.26. The maximum Gasteiger partial charge on any atom is 0.130 e. The SMILES string of the molecule is OC[C@H]1O[C@@H](c2ncccc2Cl)[C@H](O)[C@@H]1O. The van der Waals surface area contributed by atoms with Crippen LogP contribution >= 0.6 is 11.6 Å². The Kier molecular flexibility index (Phi) is 3.41. The van der Waals surface area contributed by atoms with Gasteiger partial charge < -0.3 is 20.1 Å². The maximum absolute atomic E-state index is 9.75. The number of aliphatic hydroxyl groups excluding tert-OH is 3. The van der Waals surface area contributed by atoms with E-state index in [4.69, 9.17) is 21.4 Å². The lowest BCUT2D eigenvalue weighted by molar-refractivity contribution is -0.0239. The number of rotatable bonds is 2. The van der Waals surface area contributed by atoms with Crippen molar-refractivity contribution in [2.24, 2.45) is 0 Å². The minimum absolute atomic E-state index is 0.359. The predicted octanol–water partition coefficient (Wildman–Crippen LogP) is -0.111. The second-order valence-corrected chi connectivity index (χ2v) is 4.04. The molecule has 16 heavy (non-hydrogen) atoms. The van der Waals surface area contributed by atoms with E-state index in [-0.39, 0.29) is 6.61 Å². The number of nitrogens with zero attached hydrogens (tertiary/aromatic N) is 1. The highest BCUT2D eigenvalue weighted by molar-refractivity contribution is 6.31. The fourth-order valence-electron chi connectivity index (χ4n) is 1.73. The molecule has 1 fully saturated rings. The second kappa shape index (κ2) is 4.65. The van der Waals surface area contributed by atoms with Crippen LogP contribution in [0.3, 0.4) is 0 Å². The van der Waals surface area contributed by atoms with Crippen molar-refractivity contribution in [1.29, 1.82) is 0 Å². The summed E-state index contributed by atoms with van der Waals surface area (Å²) in [5.74, 6) is 0. The van der Waals surface area contributed by atoms with Crippen molar-refractivity contribution < 1.29 is 20.1 Å². The molecule has 88 valence electrons. The standard InChI is InChI=1S/C10H12ClNO4/c11-5-2-1-3-12-7(5)10-9(15)8(14)6(4-13)16-10/h1-3,6,8-10,13-15H,4H2/t6-,8-,9-,10+/m1/s1. The molecular formula is C10H12ClNO4. The molecular weight excluding hydrogens is 234 g/mol. The van der Waals surface area contributed by atoms with Crippen LogP contribution in [0.15, 0.2) is 18.3 Å². The third kappa shape index (κ3) is 1.92. The van der Waals surface area contributed by atoms with E-state index < -0.39 is 24.4 Å². The normalized spacial score (nSPS) is 34.2. The molecule has 6 heteroatoms. The summed E-state index contributed by atoms with van der Waals surface area (Å²) < 4.78 is 5.31. The van der Waals surface area contributed by atoms with Gasteiger partial charge in [-0.15, -0.1) is 0 Å². The molecule has 2 rings (SSSR count). The first kappa shape index (κ1) is 11.8. The molecule has 0 bridgehead atoms. The third-order valence-corrected chi connectivity index (χ3v) is 2.92. The number of aromatic nitrogens is 1. The van der Waals surface area contributed by atoms with Gasteiger partial charge in [0.1, 0.15) is 24.4 Å². The number of ether oxygens (including phenoxy) is 1. The Morgan fingerprint density at radius 1 is 1.38 bits per heavy atom. The molecule has 0 aliphatic carbocycles. The van der Waals surface area contributed by atoms with Crippen molar-refractivity contribution >= 4 is 11.6 Å². The van der Waals surface area contributed by atoms with Gasteiger partial charge in [0.15, 0.2) is 0 Å². The predicted molar refractivity (Wildman–Crippen MR) is 56.0 cm³/mol. The zero-order valence-electron chi connectivity index (χ0n) is 8.32. The number of halogens is 1. The molecule has 0 radical (unpaired) electrons. The average molecular weight is 246 g/mol. The molecule has 0 aromatic carbocycles. The summed E-state index contributed by atoms with van der Waals surface area (Å²) in [5, 5.41) is 28.6. The van der Waals surface area contributed by atoms with E-state index in [0.29, 0.717) is 10.7 Å². The van der Waals surface area contributed by atoms with Gasteiger partial charge in [-0.1, -0.05) is 11.6 Å². The maximum atomic E-state index is 9.75. The Labute approximate surface area is 97.3 Å². The molecule has 0 amide bonds. The van der Waals surface area contributed by atoms with Crippen LogP contribution in [0.5, 0.6) is 0 Å². The van der Waals surface area contributed by atoms with Crippen LogP contribution in [-0.4, -0.2) is 45.2 Å². The Balaban J connectivity index is 2.26. The topological polar surface area (TPSA) is 82.8 Å². The summed E-state index contributed by atoms with van der Waals surface area (Å²) in [7, 11) is 0. The van der Waals surface area contributed by atoms with Crippen LogP contribution in [0.4, 0.5) is 0 Å². The van der Waals surface area contributed by atoms with Crippen molar-refractivity contribution in [3.05, 3.63) is 29.0 Å². The number of pyridine rings is 1. The molecule has 4 atom stereocenters. The molecule has 2 heterocycles. The molecule has 0 saturated carbocycles. The lowest BCUT2D eigenvalue weighted by atomic mass is 10.1. The van der Waals surface area contributed by atoms with Crippen LogP contribution in [0.1, 0.15) is 11.8 Å². The van der Waals surface area contributed by atoms with E-state index >= 15 is 0 Å². The number of hydrogen-bond donors (Lipinski definition) is 3. The summed E-state index contributed by atoms with van der Waals surface area (Å²) >= 11 is 5.91. The molecule has 1 saturated heterocycles. The average Bonchev–Trinajstić information content (AvgIpc) is 2.57. The Morgan fingerprint density at radius 3 is 2.69 bits per heavy atom. The van der Waals surface area contributed by atoms with Crippen LogP contribution in [0.25, 0.3) is 0 Å². The van der Waals surface area contributed by atoms with Gasteiger partial charge in [-0.05, 0) is 12.1 Å². The third-order valence-electron chi connectivity index (χ3n) is 2.60. The highest BCUT2D eigenvalue weighted by atomic mass is 35.5. The molecule has 1 aromatic rings. The van der Waals surface area contributed by atoms with Gasteiger partial charge in [0.25, 0.3) is 0 Å². The number of aliphatic hydroxyl groups is 3. The van der Waals surface area contributed by atoms with Crippen molar-refractivity contribution in [1.82, 2.24) is 4.98 Å². The monoisotopic (exact) mass is 245 g/mol. The van der Waals surface area contributed by atoms with E-state index in [1.54, 1.807) is 12.1 Å². The first-order chi connectivity index (χ1) is 7.65. The summed E-state index contributed by atoms with van der Waals surface area (Å²) in [6.07, 6.45) is -2.35. The van der Waals surface area contributed by atoms with E-state index in [1.807, 2.05) is 0 Å². The van der Waals surface area contributed by atoms with E-state index in [2.05, 4.69) is 4.98 Å². The van der Waals surface area contributed by atoms with Gasteiger partial charge in [0, 0.05) is 6.20 Å². The molecule has 1 aliphatic rings. The van der Waals surface area contributed by atoms with Crippen LogP contribution in [0.2, 0.25) is 5.02 Å². The van der Waals surface area contributed by atoms with Gasteiger partial charge in [0.2, 0.25) is 0 Å². The first-order valence-electron chi connectivity index (χ1n) is 4.88. The van der Waals surface area contributed by atoms with Crippen LogP contribution in [0, 0.1) is 0 Å². The van der Waals surface area contributed by atoms with E-state index in [0.717, 1.165) is 0 Å². The molecule has 0 unspecified atom stereocenters. The quantitative estimate of drug-likeness (QED) is 0.677. The second-order valence-electron chi connectivity index (χ2n) is 3.63. The van der Waals surface area contributed by atoms with Crippen LogP contribution < -0.4 is 0 Å². The van der Waals surface area contributed by atoms with Crippen molar-refractivity contribution in [3.8, 4) is 0 Å². The highest BCUT2D eigenvalue weighted by Crippen LogP contribution is 2.35. The van der Waals surface area contributed by atoms with Crippen LogP contribution in [-0.2, 0) is 4.74 Å². The fourth-order valence-corrected chi connectivity index (χ4v) is 1.96. The fraction of sp³-hybridized carbons (Fsp3) is 0.500. The zero-order chi connectivity index (χ0) is 11.7. The molecule has 1 aromatic heterocycles. The minimum atomic E-state index is -1.13.